The quantitative estimate of drug-likeness (QED) is 0.597. The number of halogens is 1. The third-order valence-corrected chi connectivity index (χ3v) is 4.76. The van der Waals surface area contributed by atoms with Gasteiger partial charge in [0.25, 0.3) is 5.91 Å². The topological polar surface area (TPSA) is 63.7 Å². The molecule has 0 radical (unpaired) electrons. The molecule has 3 rings (SSSR count). The predicted molar refractivity (Wildman–Crippen MR) is 102 cm³/mol. The number of aromatic nitrogens is 1. The molecule has 1 saturated carbocycles. The maximum Gasteiger partial charge on any atom is 0.270 e. The second kappa shape index (κ2) is 9.88. The first-order chi connectivity index (χ1) is 13.8. The number of alkyl halides is 1. The number of anilines is 1. The first kappa shape index (κ1) is 17.2. The van der Waals surface area contributed by atoms with Crippen LogP contribution in [0.25, 0.3) is 0 Å². The molecule has 0 spiro atoms. The molecular formula is C20H30FN3O3. The van der Waals surface area contributed by atoms with Crippen LogP contribution in [0.15, 0.2) is 12.1 Å². The zero-order chi connectivity index (χ0) is 20.9. The Morgan fingerprint density at radius 2 is 2.22 bits per heavy atom. The van der Waals surface area contributed by atoms with Crippen LogP contribution in [0.3, 0.4) is 0 Å². The minimum Gasteiger partial charge on any atom is -0.476 e. The third-order valence-electron chi connectivity index (χ3n) is 4.76. The van der Waals surface area contributed by atoms with Gasteiger partial charge in [0.05, 0.1) is 28.3 Å². The Kier molecular flexibility index (Phi) is 6.30. The monoisotopic (exact) mass is 381 g/mol. The van der Waals surface area contributed by atoms with Crippen molar-refractivity contribution in [1.82, 2.24) is 10.3 Å². The van der Waals surface area contributed by atoms with Gasteiger partial charge in [0.2, 0.25) is 5.88 Å². The van der Waals surface area contributed by atoms with Crippen molar-refractivity contribution >= 4 is 11.6 Å². The summed E-state index contributed by atoms with van der Waals surface area (Å²) in [5, 5.41) is 2.80. The Bertz CT molecular complexity index is 692. The lowest BCUT2D eigenvalue weighted by Gasteiger charge is -2.21. The van der Waals surface area contributed by atoms with E-state index in [1.54, 1.807) is 13.0 Å². The smallest absolute Gasteiger partial charge is 0.270 e. The van der Waals surface area contributed by atoms with E-state index < -0.39 is 6.63 Å². The number of ether oxygens (including phenoxy) is 2. The number of rotatable bonds is 11. The minimum absolute atomic E-state index is 0.0500. The molecule has 2 fully saturated rings. The Labute approximate surface area is 163 Å². The zero-order valence-electron chi connectivity index (χ0n) is 17.9. The molecule has 0 bridgehead atoms. The van der Waals surface area contributed by atoms with Crippen LogP contribution in [0.2, 0.25) is 0 Å². The number of carbonyl (C=O) groups excluding carboxylic acids is 1. The van der Waals surface area contributed by atoms with Crippen LogP contribution in [0, 0.1) is 5.92 Å². The van der Waals surface area contributed by atoms with Crippen LogP contribution in [0.5, 0.6) is 5.88 Å². The number of hydrogen-bond acceptors (Lipinski definition) is 5. The fourth-order valence-corrected chi connectivity index (χ4v) is 3.06. The summed E-state index contributed by atoms with van der Waals surface area (Å²) in [4.78, 5) is 19.3. The van der Waals surface area contributed by atoms with Crippen molar-refractivity contribution in [2.45, 2.75) is 45.1 Å². The van der Waals surface area contributed by atoms with Gasteiger partial charge in [0, 0.05) is 25.7 Å². The number of pyridine rings is 1. The summed E-state index contributed by atoms with van der Waals surface area (Å²) in [6, 6.07) is 3.29. The molecular weight excluding hydrogens is 349 g/mol. The first-order valence-electron chi connectivity index (χ1n) is 10.8. The Hall–Kier alpha value is -1.89. The average Bonchev–Trinajstić information content (AvgIpc) is 3.34. The van der Waals surface area contributed by atoms with Crippen molar-refractivity contribution in [2.75, 3.05) is 44.4 Å². The minimum atomic E-state index is -2.75. The fraction of sp³-hybridized carbons (Fsp3) is 0.700. The normalized spacial score (nSPS) is 19.4. The summed E-state index contributed by atoms with van der Waals surface area (Å²) >= 11 is 0. The van der Waals surface area contributed by atoms with E-state index in [1.807, 2.05) is 6.07 Å². The van der Waals surface area contributed by atoms with Gasteiger partial charge in [-0.15, -0.1) is 0 Å². The molecule has 27 heavy (non-hydrogen) atoms. The highest BCUT2D eigenvalue weighted by molar-refractivity contribution is 5.93. The lowest BCUT2D eigenvalue weighted by molar-refractivity contribution is 0.0835. The number of hydrogen-bond donors (Lipinski definition) is 1. The summed E-state index contributed by atoms with van der Waals surface area (Å²) in [7, 11) is 0. The fourth-order valence-electron chi connectivity index (χ4n) is 3.06. The summed E-state index contributed by atoms with van der Waals surface area (Å²) in [5.74, 6) is 0.778. The molecule has 1 aliphatic carbocycles. The zero-order valence-corrected chi connectivity index (χ0v) is 15.9. The van der Waals surface area contributed by atoms with Gasteiger partial charge in [-0.05, 0) is 57.1 Å². The van der Waals surface area contributed by atoms with Gasteiger partial charge in [-0.3, -0.25) is 9.18 Å². The van der Waals surface area contributed by atoms with Crippen molar-refractivity contribution in [3.63, 3.8) is 0 Å². The van der Waals surface area contributed by atoms with Crippen molar-refractivity contribution in [3.8, 4) is 5.88 Å². The molecule has 1 amide bonds. The van der Waals surface area contributed by atoms with Crippen LogP contribution in [-0.2, 0) is 4.74 Å². The van der Waals surface area contributed by atoms with E-state index in [9.17, 15) is 9.18 Å². The molecule has 1 aromatic rings. The number of carbonyl (C=O) groups is 1. The number of nitrogens with zero attached hydrogens (tertiary/aromatic N) is 2. The lowest BCUT2D eigenvalue weighted by atomic mass is 10.2. The molecule has 0 unspecified atom stereocenters. The summed E-state index contributed by atoms with van der Waals surface area (Å²) in [6.07, 6.45) is 4.31. The van der Waals surface area contributed by atoms with Gasteiger partial charge < -0.3 is 19.7 Å². The maximum atomic E-state index is 12.8. The van der Waals surface area contributed by atoms with Crippen molar-refractivity contribution in [1.29, 1.82) is 0 Å². The second-order valence-corrected chi connectivity index (χ2v) is 7.30. The van der Waals surface area contributed by atoms with Gasteiger partial charge in [-0.1, -0.05) is 0 Å². The van der Waals surface area contributed by atoms with Gasteiger partial charge in [-0.2, -0.15) is 0 Å². The van der Waals surface area contributed by atoms with Gasteiger partial charge in [0.15, 0.2) is 0 Å². The van der Waals surface area contributed by atoms with Gasteiger partial charge >= 0.3 is 0 Å². The lowest BCUT2D eigenvalue weighted by Crippen LogP contribution is -2.36. The SMILES string of the molecule is [2H]C([2H])(F)CCOC[C@H](C)NC(=O)c1ccc(N2CCCC2)c(OCC2CC2)n1. The van der Waals surface area contributed by atoms with E-state index in [4.69, 9.17) is 12.2 Å². The van der Waals surface area contributed by atoms with Gasteiger partial charge in [-0.25, -0.2) is 4.98 Å². The van der Waals surface area contributed by atoms with Crippen LogP contribution in [0.1, 0.15) is 52.3 Å². The standard InChI is InChI=1S/C20H30FN3O3/c1-15(13-26-12-4-9-21)22-19(25)17-7-8-18(24-10-2-3-11-24)20(23-17)27-14-16-5-6-16/h7-8,15-16H,2-6,9-14H2,1H3,(H,22,25)/t15-/m0/s1/i9D2. The van der Waals surface area contributed by atoms with E-state index >= 15 is 0 Å². The first-order valence-corrected chi connectivity index (χ1v) is 9.78. The molecule has 6 nitrogen and oxygen atoms in total. The third kappa shape index (κ3) is 6.06. The molecule has 7 heteroatoms. The highest BCUT2D eigenvalue weighted by atomic mass is 19.1. The largest absolute Gasteiger partial charge is 0.476 e. The molecule has 1 aromatic heterocycles. The van der Waals surface area contributed by atoms with Gasteiger partial charge in [0.1, 0.15) is 5.69 Å². The van der Waals surface area contributed by atoms with Crippen LogP contribution < -0.4 is 15.0 Å². The van der Waals surface area contributed by atoms with Crippen molar-refractivity contribution in [3.05, 3.63) is 17.8 Å². The summed E-state index contributed by atoms with van der Waals surface area (Å²) in [5.41, 5.74) is 1.22. The van der Waals surface area contributed by atoms with E-state index in [0.717, 1.165) is 31.6 Å². The van der Waals surface area contributed by atoms with Crippen LogP contribution >= 0.6 is 0 Å². The summed E-state index contributed by atoms with van der Waals surface area (Å²) in [6.45, 7) is 1.71. The van der Waals surface area contributed by atoms with Crippen molar-refractivity contribution in [2.24, 2.45) is 5.92 Å². The molecule has 1 saturated heterocycles. The molecule has 1 N–H and O–H groups in total. The molecule has 1 atom stereocenters. The maximum absolute atomic E-state index is 12.8. The predicted octanol–water partition coefficient (Wildman–Crippen LogP) is 2.97. The van der Waals surface area contributed by atoms with Crippen molar-refractivity contribution < 1.29 is 21.4 Å². The Morgan fingerprint density at radius 1 is 1.44 bits per heavy atom. The van der Waals surface area contributed by atoms with E-state index in [1.165, 1.54) is 12.8 Å². The second-order valence-electron chi connectivity index (χ2n) is 7.30. The van der Waals surface area contributed by atoms with E-state index in [0.29, 0.717) is 18.4 Å². The molecule has 2 aliphatic rings. The highest BCUT2D eigenvalue weighted by Crippen LogP contribution is 2.33. The van der Waals surface area contributed by atoms with Crippen LogP contribution in [0.4, 0.5) is 10.1 Å². The summed E-state index contributed by atoms with van der Waals surface area (Å²) < 4.78 is 37.7. The average molecular weight is 381 g/mol. The molecule has 2 heterocycles. The number of amides is 1. The van der Waals surface area contributed by atoms with E-state index in [-0.39, 0.29) is 37.3 Å². The Balaban J connectivity index is 1.56. The molecule has 150 valence electrons. The number of nitrogens with one attached hydrogen (secondary N) is 1. The molecule has 0 aromatic carbocycles. The highest BCUT2D eigenvalue weighted by Gasteiger charge is 2.25. The molecule has 1 aliphatic heterocycles. The Morgan fingerprint density at radius 3 is 2.93 bits per heavy atom. The van der Waals surface area contributed by atoms with E-state index in [2.05, 4.69) is 15.2 Å². The van der Waals surface area contributed by atoms with Crippen LogP contribution in [-0.4, -0.2) is 56.5 Å².